The second-order valence-electron chi connectivity index (χ2n) is 3.76. The molecule has 0 saturated heterocycles. The van der Waals surface area contributed by atoms with Crippen molar-refractivity contribution in [1.82, 2.24) is 0 Å². The molecule has 2 nitrogen and oxygen atoms in total. The molecule has 17 heavy (non-hydrogen) atoms. The standard InChI is InChI=1S/C14H12FNO/c1-10-6-5-9-12(13(10)15)14(17)16-11-7-3-2-4-8-11/h2-9H,1H3,(H,16,17). The molecule has 0 aliphatic heterocycles. The van der Waals surface area contributed by atoms with E-state index in [-0.39, 0.29) is 5.56 Å². The van der Waals surface area contributed by atoms with Gasteiger partial charge in [-0.05, 0) is 30.7 Å². The predicted octanol–water partition coefficient (Wildman–Crippen LogP) is 3.39. The number of anilines is 1. The van der Waals surface area contributed by atoms with Gasteiger partial charge in [-0.15, -0.1) is 0 Å². The lowest BCUT2D eigenvalue weighted by molar-refractivity contribution is 0.102. The zero-order chi connectivity index (χ0) is 12.3. The maximum atomic E-state index is 13.7. The molecule has 0 aliphatic rings. The number of halogens is 1. The van der Waals surface area contributed by atoms with Crippen LogP contribution < -0.4 is 5.32 Å². The summed E-state index contributed by atoms with van der Waals surface area (Å²) in [4.78, 5) is 11.8. The molecule has 0 unspecified atom stereocenters. The van der Waals surface area contributed by atoms with E-state index < -0.39 is 11.7 Å². The molecule has 0 radical (unpaired) electrons. The third kappa shape index (κ3) is 2.50. The van der Waals surface area contributed by atoms with Crippen molar-refractivity contribution in [2.24, 2.45) is 0 Å². The molecule has 0 fully saturated rings. The smallest absolute Gasteiger partial charge is 0.258 e. The maximum Gasteiger partial charge on any atom is 0.258 e. The molecule has 1 N–H and O–H groups in total. The summed E-state index contributed by atoms with van der Waals surface area (Å²) < 4.78 is 13.7. The second kappa shape index (κ2) is 4.78. The SMILES string of the molecule is Cc1cccc(C(=O)Nc2ccccc2)c1F. The van der Waals surface area contributed by atoms with Gasteiger partial charge >= 0.3 is 0 Å². The van der Waals surface area contributed by atoms with Crippen molar-refractivity contribution in [2.75, 3.05) is 5.32 Å². The van der Waals surface area contributed by atoms with E-state index in [2.05, 4.69) is 5.32 Å². The molecule has 0 saturated carbocycles. The lowest BCUT2D eigenvalue weighted by Crippen LogP contribution is -2.14. The lowest BCUT2D eigenvalue weighted by Gasteiger charge is -2.07. The van der Waals surface area contributed by atoms with E-state index in [1.165, 1.54) is 6.07 Å². The minimum absolute atomic E-state index is 0.0638. The van der Waals surface area contributed by atoms with E-state index in [9.17, 15) is 9.18 Å². The number of hydrogen-bond donors (Lipinski definition) is 1. The average Bonchev–Trinajstić information content (AvgIpc) is 2.34. The molecule has 0 heterocycles. The van der Waals surface area contributed by atoms with Crippen molar-refractivity contribution in [3.63, 3.8) is 0 Å². The van der Waals surface area contributed by atoms with E-state index in [1.54, 1.807) is 31.2 Å². The molecule has 2 aromatic rings. The number of para-hydroxylation sites is 1. The summed E-state index contributed by atoms with van der Waals surface area (Å²) in [6.45, 7) is 1.63. The highest BCUT2D eigenvalue weighted by Gasteiger charge is 2.12. The first-order chi connectivity index (χ1) is 8.18. The van der Waals surface area contributed by atoms with Crippen molar-refractivity contribution in [1.29, 1.82) is 0 Å². The molecular formula is C14H12FNO. The number of aryl methyl sites for hydroxylation is 1. The summed E-state index contributed by atoms with van der Waals surface area (Å²) >= 11 is 0. The van der Waals surface area contributed by atoms with E-state index in [1.807, 2.05) is 18.2 Å². The van der Waals surface area contributed by atoms with Gasteiger partial charge in [-0.3, -0.25) is 4.79 Å². The summed E-state index contributed by atoms with van der Waals surface area (Å²) in [6.07, 6.45) is 0. The Kier molecular flexibility index (Phi) is 3.19. The van der Waals surface area contributed by atoms with Gasteiger partial charge in [0.25, 0.3) is 5.91 Å². The first-order valence-corrected chi connectivity index (χ1v) is 5.30. The Balaban J connectivity index is 2.24. The van der Waals surface area contributed by atoms with Crippen LogP contribution >= 0.6 is 0 Å². The van der Waals surface area contributed by atoms with Gasteiger partial charge in [0.15, 0.2) is 0 Å². The Bertz CT molecular complexity index is 537. The van der Waals surface area contributed by atoms with Crippen LogP contribution in [0.3, 0.4) is 0 Å². The summed E-state index contributed by atoms with van der Waals surface area (Å²) in [5, 5.41) is 2.65. The number of hydrogen-bond acceptors (Lipinski definition) is 1. The number of carbonyl (C=O) groups excluding carboxylic acids is 1. The second-order valence-corrected chi connectivity index (χ2v) is 3.76. The van der Waals surface area contributed by atoms with Crippen LogP contribution in [0.1, 0.15) is 15.9 Å². The number of amides is 1. The van der Waals surface area contributed by atoms with Crippen LogP contribution in [0.2, 0.25) is 0 Å². The normalized spacial score (nSPS) is 10.0. The van der Waals surface area contributed by atoms with E-state index in [0.29, 0.717) is 11.3 Å². The average molecular weight is 229 g/mol. The molecule has 0 aromatic heterocycles. The third-order valence-corrected chi connectivity index (χ3v) is 2.47. The first kappa shape index (κ1) is 11.3. The fourth-order valence-electron chi connectivity index (χ4n) is 1.54. The molecule has 0 spiro atoms. The van der Waals surface area contributed by atoms with Gasteiger partial charge < -0.3 is 5.32 Å². The molecule has 86 valence electrons. The van der Waals surface area contributed by atoms with Crippen LogP contribution in [0.4, 0.5) is 10.1 Å². The van der Waals surface area contributed by atoms with Crippen molar-refractivity contribution in [3.05, 3.63) is 65.5 Å². The topological polar surface area (TPSA) is 29.1 Å². The number of rotatable bonds is 2. The quantitative estimate of drug-likeness (QED) is 0.840. The monoisotopic (exact) mass is 229 g/mol. The molecule has 2 rings (SSSR count). The zero-order valence-electron chi connectivity index (χ0n) is 9.41. The molecule has 3 heteroatoms. The number of carbonyl (C=O) groups is 1. The van der Waals surface area contributed by atoms with Gasteiger partial charge in [0.1, 0.15) is 5.82 Å². The predicted molar refractivity (Wildman–Crippen MR) is 65.5 cm³/mol. The van der Waals surface area contributed by atoms with Gasteiger partial charge in [-0.1, -0.05) is 30.3 Å². The first-order valence-electron chi connectivity index (χ1n) is 5.30. The van der Waals surface area contributed by atoms with Gasteiger partial charge in [0, 0.05) is 5.69 Å². The molecular weight excluding hydrogens is 217 g/mol. The van der Waals surface area contributed by atoms with Crippen LogP contribution in [0.25, 0.3) is 0 Å². The molecule has 1 amide bonds. The van der Waals surface area contributed by atoms with Crippen molar-refractivity contribution < 1.29 is 9.18 Å². The zero-order valence-corrected chi connectivity index (χ0v) is 9.41. The molecule has 0 aliphatic carbocycles. The summed E-state index contributed by atoms with van der Waals surface area (Å²) in [5.74, 6) is -0.904. The van der Waals surface area contributed by atoms with Crippen LogP contribution in [0.15, 0.2) is 48.5 Å². The summed E-state index contributed by atoms with van der Waals surface area (Å²) in [5.41, 5.74) is 1.18. The molecule has 0 atom stereocenters. The minimum Gasteiger partial charge on any atom is -0.322 e. The summed E-state index contributed by atoms with van der Waals surface area (Å²) in [7, 11) is 0. The van der Waals surface area contributed by atoms with E-state index >= 15 is 0 Å². The number of nitrogens with one attached hydrogen (secondary N) is 1. The van der Waals surface area contributed by atoms with Gasteiger partial charge in [0.2, 0.25) is 0 Å². The Hall–Kier alpha value is -2.16. The minimum atomic E-state index is -0.471. The molecule has 0 bridgehead atoms. The summed E-state index contributed by atoms with van der Waals surface area (Å²) in [6, 6.07) is 13.7. The van der Waals surface area contributed by atoms with Crippen molar-refractivity contribution in [3.8, 4) is 0 Å². The van der Waals surface area contributed by atoms with Crippen LogP contribution in [-0.4, -0.2) is 5.91 Å². The van der Waals surface area contributed by atoms with E-state index in [0.717, 1.165) is 0 Å². The fraction of sp³-hybridized carbons (Fsp3) is 0.0714. The highest BCUT2D eigenvalue weighted by Crippen LogP contribution is 2.14. The third-order valence-electron chi connectivity index (χ3n) is 2.47. The highest BCUT2D eigenvalue weighted by molar-refractivity contribution is 6.04. The Labute approximate surface area is 99.1 Å². The fourth-order valence-corrected chi connectivity index (χ4v) is 1.54. The highest BCUT2D eigenvalue weighted by atomic mass is 19.1. The largest absolute Gasteiger partial charge is 0.322 e. The molecule has 2 aromatic carbocycles. The lowest BCUT2D eigenvalue weighted by atomic mass is 10.1. The van der Waals surface area contributed by atoms with Gasteiger partial charge in [-0.2, -0.15) is 0 Å². The maximum absolute atomic E-state index is 13.7. The van der Waals surface area contributed by atoms with Crippen LogP contribution in [0.5, 0.6) is 0 Å². The van der Waals surface area contributed by atoms with Crippen LogP contribution in [-0.2, 0) is 0 Å². The van der Waals surface area contributed by atoms with E-state index in [4.69, 9.17) is 0 Å². The van der Waals surface area contributed by atoms with Crippen LogP contribution in [0, 0.1) is 12.7 Å². The Morgan fingerprint density at radius 3 is 2.47 bits per heavy atom. The Morgan fingerprint density at radius 2 is 1.76 bits per heavy atom. The Morgan fingerprint density at radius 1 is 1.06 bits per heavy atom. The van der Waals surface area contributed by atoms with Crippen molar-refractivity contribution in [2.45, 2.75) is 6.92 Å². The van der Waals surface area contributed by atoms with Gasteiger partial charge in [-0.25, -0.2) is 4.39 Å². The van der Waals surface area contributed by atoms with Gasteiger partial charge in [0.05, 0.1) is 5.56 Å². The number of benzene rings is 2. The van der Waals surface area contributed by atoms with Crippen molar-refractivity contribution >= 4 is 11.6 Å².